The monoisotopic (exact) mass is 406 g/mol. The fourth-order valence-electron chi connectivity index (χ4n) is 6.91. The molecule has 4 bridgehead atoms. The van der Waals surface area contributed by atoms with Gasteiger partial charge in [-0.1, -0.05) is 18.2 Å². The summed E-state index contributed by atoms with van der Waals surface area (Å²) in [6, 6.07) is 7.13. The highest BCUT2D eigenvalue weighted by Gasteiger charge is 2.50. The van der Waals surface area contributed by atoms with Crippen LogP contribution in [0.25, 0.3) is 10.8 Å². The fourth-order valence-corrected chi connectivity index (χ4v) is 6.91. The maximum Gasteiger partial charge on any atom is 0.292 e. The molecule has 4 saturated carbocycles. The Morgan fingerprint density at radius 1 is 1.13 bits per heavy atom. The largest absolute Gasteiger partial charge is 0.292 e. The summed E-state index contributed by atoms with van der Waals surface area (Å²) in [5, 5.41) is 9.83. The van der Waals surface area contributed by atoms with Crippen molar-refractivity contribution in [2.45, 2.75) is 65.3 Å². The molecule has 0 spiro atoms. The molecule has 1 amide bonds. The molecule has 1 aromatic carbocycles. The van der Waals surface area contributed by atoms with E-state index in [0.29, 0.717) is 22.7 Å². The van der Waals surface area contributed by atoms with E-state index in [2.05, 4.69) is 15.6 Å². The van der Waals surface area contributed by atoms with Gasteiger partial charge in [0.1, 0.15) is 0 Å². The molecule has 0 atom stereocenters. The van der Waals surface area contributed by atoms with Gasteiger partial charge in [0.2, 0.25) is 0 Å². The minimum Gasteiger partial charge on any atom is -0.267 e. The second kappa shape index (κ2) is 7.33. The van der Waals surface area contributed by atoms with Crippen LogP contribution in [0.4, 0.5) is 0 Å². The second-order valence-electron chi connectivity index (χ2n) is 9.90. The third kappa shape index (κ3) is 3.36. The lowest BCUT2D eigenvalue weighted by molar-refractivity contribution is -0.0482. The molecule has 6 heteroatoms. The molecule has 30 heavy (non-hydrogen) atoms. The van der Waals surface area contributed by atoms with E-state index in [4.69, 9.17) is 0 Å². The molecule has 0 aliphatic heterocycles. The van der Waals surface area contributed by atoms with E-state index < -0.39 is 0 Å². The molecule has 4 aliphatic carbocycles. The van der Waals surface area contributed by atoms with E-state index in [-0.39, 0.29) is 17.2 Å². The SMILES string of the molecule is CCn1nc(C(=O)N/N=C(/C)CC23CC4CC(CC(C4)C2)C3)c2ccccc2c1=O. The van der Waals surface area contributed by atoms with Gasteiger partial charge in [-0.05, 0) is 88.0 Å². The summed E-state index contributed by atoms with van der Waals surface area (Å²) in [5.41, 5.74) is 4.17. The summed E-state index contributed by atoms with van der Waals surface area (Å²) in [5.74, 6) is 2.36. The normalized spacial score (nSPS) is 30.1. The van der Waals surface area contributed by atoms with Gasteiger partial charge in [0.25, 0.3) is 11.5 Å². The zero-order chi connectivity index (χ0) is 20.9. The summed E-state index contributed by atoms with van der Waals surface area (Å²) >= 11 is 0. The number of amides is 1. The average Bonchev–Trinajstić information content (AvgIpc) is 2.71. The van der Waals surface area contributed by atoms with E-state index >= 15 is 0 Å². The summed E-state index contributed by atoms with van der Waals surface area (Å²) in [6.45, 7) is 4.29. The van der Waals surface area contributed by atoms with Gasteiger partial charge in [0.15, 0.2) is 5.69 Å². The Kier molecular flexibility index (Phi) is 4.75. The minimum absolute atomic E-state index is 0.175. The third-order valence-electron chi connectivity index (χ3n) is 7.53. The van der Waals surface area contributed by atoms with Crippen LogP contribution in [-0.2, 0) is 6.54 Å². The van der Waals surface area contributed by atoms with E-state index in [1.54, 1.807) is 18.2 Å². The highest BCUT2D eigenvalue weighted by atomic mass is 16.2. The molecule has 1 heterocycles. The van der Waals surface area contributed by atoms with E-state index in [1.807, 2.05) is 19.9 Å². The zero-order valence-electron chi connectivity index (χ0n) is 17.9. The first-order valence-corrected chi connectivity index (χ1v) is 11.3. The molecule has 0 saturated heterocycles. The van der Waals surface area contributed by atoms with Crippen LogP contribution >= 0.6 is 0 Å². The molecular formula is C24H30N4O2. The molecule has 0 radical (unpaired) electrons. The first-order chi connectivity index (χ1) is 14.5. The number of aromatic nitrogens is 2. The average molecular weight is 407 g/mol. The zero-order valence-corrected chi connectivity index (χ0v) is 17.9. The first-order valence-electron chi connectivity index (χ1n) is 11.3. The summed E-state index contributed by atoms with van der Waals surface area (Å²) < 4.78 is 1.34. The van der Waals surface area contributed by atoms with Gasteiger partial charge in [0, 0.05) is 17.6 Å². The number of hydrogen-bond acceptors (Lipinski definition) is 4. The van der Waals surface area contributed by atoms with Crippen molar-refractivity contribution < 1.29 is 4.79 Å². The molecule has 4 fully saturated rings. The van der Waals surface area contributed by atoms with Crippen LogP contribution in [-0.4, -0.2) is 21.4 Å². The van der Waals surface area contributed by atoms with E-state index in [9.17, 15) is 9.59 Å². The molecule has 1 N–H and O–H groups in total. The van der Waals surface area contributed by atoms with Gasteiger partial charge in [-0.3, -0.25) is 9.59 Å². The van der Waals surface area contributed by atoms with Crippen molar-refractivity contribution in [3.05, 3.63) is 40.3 Å². The lowest BCUT2D eigenvalue weighted by Crippen LogP contribution is -2.46. The second-order valence-corrected chi connectivity index (χ2v) is 9.90. The van der Waals surface area contributed by atoms with Gasteiger partial charge in [-0.25, -0.2) is 10.1 Å². The molecular weight excluding hydrogens is 376 g/mol. The molecule has 2 aromatic rings. The number of aryl methyl sites for hydroxylation is 1. The number of fused-ring (bicyclic) bond motifs is 1. The van der Waals surface area contributed by atoms with E-state index in [1.165, 1.54) is 43.2 Å². The van der Waals surface area contributed by atoms with Crippen LogP contribution in [0.2, 0.25) is 0 Å². The lowest BCUT2D eigenvalue weighted by Gasteiger charge is -2.57. The molecule has 6 rings (SSSR count). The number of rotatable bonds is 5. The van der Waals surface area contributed by atoms with Gasteiger partial charge in [0.05, 0.1) is 5.39 Å². The van der Waals surface area contributed by atoms with E-state index in [0.717, 1.165) is 29.9 Å². The Morgan fingerprint density at radius 2 is 1.73 bits per heavy atom. The number of nitrogens with one attached hydrogen (secondary N) is 1. The van der Waals surface area contributed by atoms with Crippen molar-refractivity contribution in [2.24, 2.45) is 28.3 Å². The molecule has 158 valence electrons. The van der Waals surface area contributed by atoms with Crippen molar-refractivity contribution in [3.63, 3.8) is 0 Å². The topological polar surface area (TPSA) is 76.3 Å². The fraction of sp³-hybridized carbons (Fsp3) is 0.583. The maximum atomic E-state index is 12.9. The standard InChI is InChI=1S/C24H30N4O2/c1-3-28-23(30)20-7-5-4-6-19(20)21(27-28)22(29)26-25-15(2)11-24-12-16-8-17(13-24)10-18(9-16)14-24/h4-7,16-18H,3,8-14H2,1-2H3,(H,26,29)/b25-15-. The van der Waals surface area contributed by atoms with Crippen LogP contribution < -0.4 is 11.0 Å². The maximum absolute atomic E-state index is 12.9. The van der Waals surface area contributed by atoms with Crippen molar-refractivity contribution >= 4 is 22.4 Å². The predicted octanol–water partition coefficient (Wildman–Crippen LogP) is 4.13. The van der Waals surface area contributed by atoms with Crippen molar-refractivity contribution in [1.29, 1.82) is 0 Å². The van der Waals surface area contributed by atoms with Crippen molar-refractivity contribution in [3.8, 4) is 0 Å². The van der Waals surface area contributed by atoms with Crippen LogP contribution in [0.5, 0.6) is 0 Å². The molecule has 0 unspecified atom stereocenters. The summed E-state index contributed by atoms with van der Waals surface area (Å²) in [6.07, 6.45) is 9.24. The highest BCUT2D eigenvalue weighted by Crippen LogP contribution is 2.61. The number of nitrogens with zero attached hydrogens (tertiary/aromatic N) is 3. The Labute approximate surface area is 176 Å². The molecule has 4 aliphatic rings. The number of hydrazone groups is 1. The Bertz CT molecular complexity index is 1050. The Hall–Kier alpha value is -2.50. The summed E-state index contributed by atoms with van der Waals surface area (Å²) in [7, 11) is 0. The van der Waals surface area contributed by atoms with Gasteiger partial charge in [-0.2, -0.15) is 10.2 Å². The lowest BCUT2D eigenvalue weighted by atomic mass is 9.48. The highest BCUT2D eigenvalue weighted by molar-refractivity contribution is 6.05. The van der Waals surface area contributed by atoms with Gasteiger partial charge >= 0.3 is 0 Å². The molecule has 1 aromatic heterocycles. The Morgan fingerprint density at radius 3 is 2.33 bits per heavy atom. The summed E-state index contributed by atoms with van der Waals surface area (Å²) in [4.78, 5) is 25.4. The van der Waals surface area contributed by atoms with Crippen LogP contribution in [0.15, 0.2) is 34.2 Å². The predicted molar refractivity (Wildman–Crippen MR) is 117 cm³/mol. The number of carbonyl (C=O) groups excluding carboxylic acids is 1. The smallest absolute Gasteiger partial charge is 0.267 e. The Balaban J connectivity index is 1.35. The van der Waals surface area contributed by atoms with Gasteiger partial charge < -0.3 is 0 Å². The van der Waals surface area contributed by atoms with Crippen LogP contribution in [0, 0.1) is 23.2 Å². The van der Waals surface area contributed by atoms with Gasteiger partial charge in [-0.15, -0.1) is 0 Å². The van der Waals surface area contributed by atoms with Crippen LogP contribution in [0.1, 0.15) is 69.3 Å². The van der Waals surface area contributed by atoms with Crippen molar-refractivity contribution in [2.75, 3.05) is 0 Å². The first kappa shape index (κ1) is 19.5. The number of benzene rings is 1. The number of carbonyl (C=O) groups is 1. The van der Waals surface area contributed by atoms with Crippen molar-refractivity contribution in [1.82, 2.24) is 15.2 Å². The number of hydrogen-bond donors (Lipinski definition) is 1. The molecule has 6 nitrogen and oxygen atoms in total. The van der Waals surface area contributed by atoms with Crippen LogP contribution in [0.3, 0.4) is 0 Å². The minimum atomic E-state index is -0.363. The quantitative estimate of drug-likeness (QED) is 0.599. The third-order valence-corrected chi connectivity index (χ3v) is 7.53.